The summed E-state index contributed by atoms with van der Waals surface area (Å²) in [5.41, 5.74) is 1.86. The number of thiazole rings is 1. The van der Waals surface area contributed by atoms with Gasteiger partial charge in [-0.2, -0.15) is 0 Å². The molecule has 1 N–H and O–H groups in total. The van der Waals surface area contributed by atoms with Gasteiger partial charge in [0.15, 0.2) is 0 Å². The molecule has 0 saturated heterocycles. The first-order valence-corrected chi connectivity index (χ1v) is 9.57. The van der Waals surface area contributed by atoms with Crippen LogP contribution < -0.4 is 5.32 Å². The van der Waals surface area contributed by atoms with Crippen LogP contribution in [0.4, 0.5) is 11.4 Å². The minimum atomic E-state index is -0.495. The molecule has 0 radical (unpaired) electrons. The fourth-order valence-electron chi connectivity index (χ4n) is 2.23. The predicted molar refractivity (Wildman–Crippen MR) is 104 cm³/mol. The van der Waals surface area contributed by atoms with E-state index in [2.05, 4.69) is 10.3 Å². The Morgan fingerprint density at radius 3 is 2.69 bits per heavy atom. The van der Waals surface area contributed by atoms with E-state index in [0.29, 0.717) is 11.3 Å². The van der Waals surface area contributed by atoms with Gasteiger partial charge in [0.05, 0.1) is 15.6 Å². The number of carbonyl (C=O) groups is 1. The number of nitro benzene ring substituents is 1. The molecule has 1 aromatic heterocycles. The lowest BCUT2D eigenvalue weighted by Gasteiger charge is -2.06. The highest BCUT2D eigenvalue weighted by Crippen LogP contribution is 2.24. The molecule has 0 aliphatic carbocycles. The van der Waals surface area contributed by atoms with Crippen molar-refractivity contribution in [2.75, 3.05) is 5.32 Å². The van der Waals surface area contributed by atoms with Gasteiger partial charge in [0.1, 0.15) is 0 Å². The second-order valence-corrected chi connectivity index (χ2v) is 7.54. The van der Waals surface area contributed by atoms with Crippen LogP contribution in [0.25, 0.3) is 0 Å². The van der Waals surface area contributed by atoms with E-state index >= 15 is 0 Å². The van der Waals surface area contributed by atoms with E-state index in [4.69, 9.17) is 0 Å². The number of carbonyl (C=O) groups excluding carboxylic acids is 1. The lowest BCUT2D eigenvalue weighted by molar-refractivity contribution is -0.384. The average Bonchev–Trinajstić information content (AvgIpc) is 3.06. The van der Waals surface area contributed by atoms with Crippen LogP contribution in [-0.2, 0) is 5.75 Å². The summed E-state index contributed by atoms with van der Waals surface area (Å²) < 4.78 is 0. The molecule has 1 amide bonds. The molecule has 0 aliphatic heterocycles. The molecule has 0 unspecified atom stereocenters. The predicted octanol–water partition coefficient (Wildman–Crippen LogP) is 4.90. The molecule has 2 aromatic carbocycles. The Morgan fingerprint density at radius 1 is 1.27 bits per heavy atom. The summed E-state index contributed by atoms with van der Waals surface area (Å²) in [5.74, 6) is 0.473. The molecular weight excluding hydrogens is 370 g/mol. The van der Waals surface area contributed by atoms with Crippen molar-refractivity contribution in [2.24, 2.45) is 0 Å². The van der Waals surface area contributed by atoms with Crippen molar-refractivity contribution in [2.45, 2.75) is 17.6 Å². The Morgan fingerprint density at radius 2 is 2.04 bits per heavy atom. The number of rotatable bonds is 6. The van der Waals surface area contributed by atoms with E-state index in [-0.39, 0.29) is 11.6 Å². The molecule has 8 heteroatoms. The highest BCUT2D eigenvalue weighted by atomic mass is 32.2. The topological polar surface area (TPSA) is 85.1 Å². The van der Waals surface area contributed by atoms with Crippen molar-refractivity contribution in [3.05, 3.63) is 80.3 Å². The Labute approximate surface area is 158 Å². The Bertz CT molecular complexity index is 939. The molecule has 3 rings (SSSR count). The second-order valence-electron chi connectivity index (χ2n) is 5.43. The Kier molecular flexibility index (Phi) is 5.65. The maximum atomic E-state index is 12.3. The maximum Gasteiger partial charge on any atom is 0.271 e. The number of thioether (sulfide) groups is 1. The number of nitrogens with zero attached hydrogens (tertiary/aromatic N) is 2. The van der Waals surface area contributed by atoms with Crippen LogP contribution in [-0.4, -0.2) is 15.8 Å². The fourth-order valence-corrected chi connectivity index (χ4v) is 3.74. The van der Waals surface area contributed by atoms with Crippen molar-refractivity contribution in [3.8, 4) is 0 Å². The van der Waals surface area contributed by atoms with E-state index in [1.807, 2.05) is 24.4 Å². The first-order valence-electron chi connectivity index (χ1n) is 7.71. The summed E-state index contributed by atoms with van der Waals surface area (Å²) in [6.07, 6.45) is 0. The van der Waals surface area contributed by atoms with Gasteiger partial charge in [-0.25, -0.2) is 4.98 Å². The Hall–Kier alpha value is -2.71. The SMILES string of the molecule is Cc1nc(CSc2ccc(C(=O)Nc3cccc([N+](=O)[O-])c3)cc2)cs1. The zero-order valence-corrected chi connectivity index (χ0v) is 15.5. The monoisotopic (exact) mass is 385 g/mol. The van der Waals surface area contributed by atoms with Gasteiger partial charge in [-0.3, -0.25) is 14.9 Å². The van der Waals surface area contributed by atoms with Crippen LogP contribution in [0.2, 0.25) is 0 Å². The number of anilines is 1. The minimum Gasteiger partial charge on any atom is -0.322 e. The summed E-state index contributed by atoms with van der Waals surface area (Å²) in [4.78, 5) is 28.1. The molecule has 3 aromatic rings. The van der Waals surface area contributed by atoms with E-state index in [9.17, 15) is 14.9 Å². The highest BCUT2D eigenvalue weighted by molar-refractivity contribution is 7.98. The molecule has 0 aliphatic rings. The smallest absolute Gasteiger partial charge is 0.271 e. The Balaban J connectivity index is 1.61. The van der Waals surface area contributed by atoms with Gasteiger partial charge in [-0.1, -0.05) is 6.07 Å². The summed E-state index contributed by atoms with van der Waals surface area (Å²) in [6, 6.07) is 13.1. The van der Waals surface area contributed by atoms with Crippen molar-refractivity contribution >= 4 is 40.4 Å². The van der Waals surface area contributed by atoms with Crippen molar-refractivity contribution in [3.63, 3.8) is 0 Å². The largest absolute Gasteiger partial charge is 0.322 e. The molecule has 0 fully saturated rings. The molecule has 132 valence electrons. The number of aryl methyl sites for hydroxylation is 1. The van der Waals surface area contributed by atoms with Crippen LogP contribution in [0.3, 0.4) is 0 Å². The number of non-ortho nitro benzene ring substituents is 1. The van der Waals surface area contributed by atoms with E-state index in [0.717, 1.165) is 21.3 Å². The number of hydrogen-bond donors (Lipinski definition) is 1. The summed E-state index contributed by atoms with van der Waals surface area (Å²) >= 11 is 3.28. The molecule has 26 heavy (non-hydrogen) atoms. The molecule has 0 saturated carbocycles. The number of benzene rings is 2. The number of nitro groups is 1. The van der Waals surface area contributed by atoms with Gasteiger partial charge < -0.3 is 5.32 Å². The third-order valence-corrected chi connectivity index (χ3v) is 5.35. The summed E-state index contributed by atoms with van der Waals surface area (Å²) in [7, 11) is 0. The highest BCUT2D eigenvalue weighted by Gasteiger charge is 2.10. The molecule has 0 bridgehead atoms. The second kappa shape index (κ2) is 8.11. The third kappa shape index (κ3) is 4.68. The first-order chi connectivity index (χ1) is 12.5. The zero-order valence-electron chi connectivity index (χ0n) is 13.8. The van der Waals surface area contributed by atoms with Crippen LogP contribution in [0.15, 0.2) is 58.8 Å². The van der Waals surface area contributed by atoms with Gasteiger partial charge in [0, 0.05) is 39.4 Å². The number of nitrogens with one attached hydrogen (secondary N) is 1. The van der Waals surface area contributed by atoms with Crippen molar-refractivity contribution in [1.29, 1.82) is 0 Å². The fraction of sp³-hybridized carbons (Fsp3) is 0.111. The molecule has 6 nitrogen and oxygen atoms in total. The third-order valence-electron chi connectivity index (χ3n) is 3.48. The van der Waals surface area contributed by atoms with Crippen LogP contribution >= 0.6 is 23.1 Å². The first kappa shape index (κ1) is 18.1. The summed E-state index contributed by atoms with van der Waals surface area (Å²) in [6.45, 7) is 1.98. The van der Waals surface area contributed by atoms with E-state index < -0.39 is 4.92 Å². The van der Waals surface area contributed by atoms with Gasteiger partial charge in [-0.05, 0) is 37.3 Å². The van der Waals surface area contributed by atoms with Crippen LogP contribution in [0.5, 0.6) is 0 Å². The van der Waals surface area contributed by atoms with Gasteiger partial charge in [0.25, 0.3) is 11.6 Å². The normalized spacial score (nSPS) is 10.5. The number of amides is 1. The molecule has 0 atom stereocenters. The van der Waals surface area contributed by atoms with E-state index in [1.165, 1.54) is 18.2 Å². The van der Waals surface area contributed by atoms with Crippen LogP contribution in [0, 0.1) is 17.0 Å². The lowest BCUT2D eigenvalue weighted by Crippen LogP contribution is -2.11. The average molecular weight is 385 g/mol. The lowest BCUT2D eigenvalue weighted by atomic mass is 10.2. The zero-order chi connectivity index (χ0) is 18.5. The minimum absolute atomic E-state index is 0.0631. The molecule has 1 heterocycles. The van der Waals surface area contributed by atoms with Crippen molar-refractivity contribution < 1.29 is 9.72 Å². The van der Waals surface area contributed by atoms with Crippen LogP contribution in [0.1, 0.15) is 21.1 Å². The number of aromatic nitrogens is 1. The molecular formula is C18H15N3O3S2. The molecule has 0 spiro atoms. The number of hydrogen-bond acceptors (Lipinski definition) is 6. The van der Waals surface area contributed by atoms with Gasteiger partial charge in [0.2, 0.25) is 0 Å². The maximum absolute atomic E-state index is 12.3. The van der Waals surface area contributed by atoms with Gasteiger partial charge >= 0.3 is 0 Å². The van der Waals surface area contributed by atoms with E-state index in [1.54, 1.807) is 41.3 Å². The van der Waals surface area contributed by atoms with Gasteiger partial charge in [-0.15, -0.1) is 23.1 Å². The summed E-state index contributed by atoms with van der Waals surface area (Å²) in [5, 5.41) is 16.6. The standard InChI is InChI=1S/C18H15N3O3S2/c1-12-19-15(10-25-12)11-26-17-7-5-13(6-8-17)18(22)20-14-3-2-4-16(9-14)21(23)24/h2-10H,11H2,1H3,(H,20,22). The quantitative estimate of drug-likeness (QED) is 0.370. The van der Waals surface area contributed by atoms with Crippen molar-refractivity contribution in [1.82, 2.24) is 4.98 Å².